The van der Waals surface area contributed by atoms with Gasteiger partial charge in [-0.15, -0.1) is 35.3 Å². The van der Waals surface area contributed by atoms with E-state index in [4.69, 9.17) is 4.74 Å². The van der Waals surface area contributed by atoms with E-state index in [0.29, 0.717) is 0 Å². The summed E-state index contributed by atoms with van der Waals surface area (Å²) in [6, 6.07) is 10.2. The highest BCUT2D eigenvalue weighted by atomic mass is 127. The Balaban J connectivity index is 0.00000364. The minimum atomic E-state index is 0. The maximum absolute atomic E-state index is 5.32. The molecule has 0 saturated carbocycles. The number of ether oxygens (including phenoxy) is 1. The van der Waals surface area contributed by atoms with Gasteiger partial charge in [-0.25, -0.2) is 4.98 Å². The average molecular weight is 503 g/mol. The van der Waals surface area contributed by atoms with Gasteiger partial charge in [0.25, 0.3) is 0 Å². The van der Waals surface area contributed by atoms with Gasteiger partial charge >= 0.3 is 0 Å². The van der Waals surface area contributed by atoms with Crippen LogP contribution in [0.15, 0.2) is 40.7 Å². The van der Waals surface area contributed by atoms with Crippen molar-refractivity contribution in [2.75, 3.05) is 39.6 Å². The van der Waals surface area contributed by atoms with Crippen molar-refractivity contribution in [3.05, 3.63) is 46.4 Å². The molecule has 0 spiro atoms. The molecule has 0 aliphatic heterocycles. The molecule has 0 aliphatic rings. The van der Waals surface area contributed by atoms with Crippen molar-refractivity contribution in [1.29, 1.82) is 0 Å². The van der Waals surface area contributed by atoms with Gasteiger partial charge in [-0.05, 0) is 25.5 Å². The lowest BCUT2D eigenvalue weighted by Crippen LogP contribution is -2.39. The highest BCUT2D eigenvalue weighted by molar-refractivity contribution is 14.0. The molecular weight excluding hydrogens is 473 g/mol. The number of nitrogens with one attached hydrogen (secondary N) is 2. The molecule has 8 heteroatoms. The summed E-state index contributed by atoms with van der Waals surface area (Å²) in [5.74, 6) is 0.874. The molecule has 1 unspecified atom stereocenters. The van der Waals surface area contributed by atoms with E-state index < -0.39 is 0 Å². The van der Waals surface area contributed by atoms with Crippen LogP contribution in [-0.4, -0.2) is 50.1 Å². The fourth-order valence-corrected chi connectivity index (χ4v) is 3.30. The molecule has 0 bridgehead atoms. The second-order valence-electron chi connectivity index (χ2n) is 6.03. The lowest BCUT2D eigenvalue weighted by molar-refractivity contribution is 0.119. The number of methoxy groups -OCH3 is 1. The zero-order valence-electron chi connectivity index (χ0n) is 16.4. The maximum atomic E-state index is 5.32. The summed E-state index contributed by atoms with van der Waals surface area (Å²) in [6.07, 6.45) is 1.04. The second kappa shape index (κ2) is 12.9. The van der Waals surface area contributed by atoms with Crippen molar-refractivity contribution >= 4 is 47.0 Å². The van der Waals surface area contributed by atoms with Crippen LogP contribution in [0.1, 0.15) is 30.2 Å². The fraction of sp³-hybridized carbons (Fsp3) is 0.474. The highest BCUT2D eigenvalue weighted by Gasteiger charge is 2.12. The number of rotatable bonds is 9. The van der Waals surface area contributed by atoms with Crippen LogP contribution < -0.4 is 10.6 Å². The van der Waals surface area contributed by atoms with E-state index in [0.717, 1.165) is 48.4 Å². The molecule has 0 saturated heterocycles. The zero-order valence-corrected chi connectivity index (χ0v) is 19.6. The zero-order chi connectivity index (χ0) is 18.8. The number of aliphatic imine (C=N–C) groups is 1. The SMILES string of the molecule is CN=C(NCCCNc1ccccc1)N(C)Cc1csc(C(C)OC)n1.I. The lowest BCUT2D eigenvalue weighted by Gasteiger charge is -2.21. The molecule has 6 nitrogen and oxygen atoms in total. The van der Waals surface area contributed by atoms with Crippen LogP contribution in [0.3, 0.4) is 0 Å². The third-order valence-electron chi connectivity index (χ3n) is 3.98. The maximum Gasteiger partial charge on any atom is 0.193 e. The molecule has 0 amide bonds. The van der Waals surface area contributed by atoms with Crippen LogP contribution in [-0.2, 0) is 11.3 Å². The first kappa shape index (κ1) is 23.6. The van der Waals surface area contributed by atoms with Gasteiger partial charge < -0.3 is 20.3 Å². The quantitative estimate of drug-likeness (QED) is 0.235. The third kappa shape index (κ3) is 8.02. The second-order valence-corrected chi connectivity index (χ2v) is 6.92. The molecule has 0 radical (unpaired) electrons. The Kier molecular flexibility index (Phi) is 11.3. The summed E-state index contributed by atoms with van der Waals surface area (Å²) in [7, 11) is 5.53. The van der Waals surface area contributed by atoms with Gasteiger partial charge in [-0.2, -0.15) is 0 Å². The Bertz CT molecular complexity index is 680. The van der Waals surface area contributed by atoms with Crippen LogP contribution >= 0.6 is 35.3 Å². The number of guanidine groups is 1. The molecule has 1 heterocycles. The third-order valence-corrected chi connectivity index (χ3v) is 5.04. The smallest absolute Gasteiger partial charge is 0.193 e. The number of benzene rings is 1. The topological polar surface area (TPSA) is 61.8 Å². The van der Waals surface area contributed by atoms with Crippen LogP contribution in [0.5, 0.6) is 0 Å². The van der Waals surface area contributed by atoms with Crippen LogP contribution in [0.25, 0.3) is 0 Å². The predicted octanol–water partition coefficient (Wildman–Crippen LogP) is 3.98. The molecule has 2 N–H and O–H groups in total. The summed E-state index contributed by atoms with van der Waals surface area (Å²) in [5, 5.41) is 9.90. The largest absolute Gasteiger partial charge is 0.385 e. The Morgan fingerprint density at radius 2 is 2.04 bits per heavy atom. The summed E-state index contributed by atoms with van der Waals surface area (Å²) < 4.78 is 5.32. The Hall–Kier alpha value is -1.39. The molecule has 27 heavy (non-hydrogen) atoms. The number of thiazole rings is 1. The van der Waals surface area contributed by atoms with Crippen molar-refractivity contribution < 1.29 is 4.74 Å². The van der Waals surface area contributed by atoms with Crippen molar-refractivity contribution in [3.8, 4) is 0 Å². The van der Waals surface area contributed by atoms with Gasteiger partial charge in [0.2, 0.25) is 0 Å². The molecule has 2 aromatic rings. The number of anilines is 1. The van der Waals surface area contributed by atoms with E-state index in [1.54, 1.807) is 25.5 Å². The van der Waals surface area contributed by atoms with Crippen molar-refractivity contribution in [3.63, 3.8) is 0 Å². The first-order valence-electron chi connectivity index (χ1n) is 8.81. The average Bonchev–Trinajstić information content (AvgIpc) is 3.13. The number of hydrogen-bond donors (Lipinski definition) is 2. The standard InChI is InChI=1S/C19H29N5OS.HI/c1-15(25-4)18-23-17(14-26-18)13-24(3)19(20-2)22-12-8-11-21-16-9-6-5-7-10-16;/h5-7,9-10,14-15,21H,8,11-13H2,1-4H3,(H,20,22);1H. The van der Waals surface area contributed by atoms with Gasteiger partial charge in [-0.3, -0.25) is 4.99 Å². The first-order chi connectivity index (χ1) is 12.6. The number of hydrogen-bond acceptors (Lipinski definition) is 5. The number of halogens is 1. The van der Waals surface area contributed by atoms with Crippen molar-refractivity contribution in [2.24, 2.45) is 4.99 Å². The van der Waals surface area contributed by atoms with Crippen molar-refractivity contribution in [2.45, 2.75) is 26.0 Å². The van der Waals surface area contributed by atoms with E-state index in [9.17, 15) is 0 Å². The van der Waals surface area contributed by atoms with Gasteiger partial charge in [0, 0.05) is 45.4 Å². The minimum Gasteiger partial charge on any atom is -0.385 e. The lowest BCUT2D eigenvalue weighted by atomic mass is 10.3. The van der Waals surface area contributed by atoms with Crippen LogP contribution in [0.2, 0.25) is 0 Å². The van der Waals surface area contributed by atoms with Crippen molar-refractivity contribution in [1.82, 2.24) is 15.2 Å². The first-order valence-corrected chi connectivity index (χ1v) is 9.69. The highest BCUT2D eigenvalue weighted by Crippen LogP contribution is 2.20. The molecule has 0 aliphatic carbocycles. The molecule has 1 atom stereocenters. The monoisotopic (exact) mass is 503 g/mol. The summed E-state index contributed by atoms with van der Waals surface area (Å²) in [5.41, 5.74) is 2.18. The Labute approximate surface area is 183 Å². The predicted molar refractivity (Wildman–Crippen MR) is 125 cm³/mol. The van der Waals surface area contributed by atoms with Crippen LogP contribution in [0, 0.1) is 0 Å². The van der Waals surface area contributed by atoms with Gasteiger partial charge in [-0.1, -0.05) is 18.2 Å². The Morgan fingerprint density at radius 1 is 1.30 bits per heavy atom. The normalized spacial score (nSPS) is 12.2. The van der Waals surface area contributed by atoms with E-state index in [1.165, 1.54) is 0 Å². The molecule has 1 aromatic carbocycles. The number of nitrogens with zero attached hydrogens (tertiary/aromatic N) is 3. The minimum absolute atomic E-state index is 0. The molecular formula is C19H30IN5OS. The van der Waals surface area contributed by atoms with E-state index in [-0.39, 0.29) is 30.1 Å². The van der Waals surface area contributed by atoms with Gasteiger partial charge in [0.1, 0.15) is 11.1 Å². The molecule has 0 fully saturated rings. The van der Waals surface area contributed by atoms with Gasteiger partial charge in [0.05, 0.1) is 12.2 Å². The summed E-state index contributed by atoms with van der Waals surface area (Å²) >= 11 is 1.63. The van der Waals surface area contributed by atoms with E-state index >= 15 is 0 Å². The molecule has 2 rings (SSSR count). The van der Waals surface area contributed by atoms with Gasteiger partial charge in [0.15, 0.2) is 5.96 Å². The van der Waals surface area contributed by atoms with E-state index in [2.05, 4.69) is 43.0 Å². The molecule has 1 aromatic heterocycles. The molecule has 150 valence electrons. The van der Waals surface area contributed by atoms with Crippen LogP contribution in [0.4, 0.5) is 5.69 Å². The number of para-hydroxylation sites is 1. The Morgan fingerprint density at radius 3 is 2.70 bits per heavy atom. The van der Waals surface area contributed by atoms with E-state index in [1.807, 2.05) is 32.2 Å². The fourth-order valence-electron chi connectivity index (χ4n) is 2.46. The number of aromatic nitrogens is 1. The summed E-state index contributed by atoms with van der Waals surface area (Å²) in [4.78, 5) is 11.1. The summed E-state index contributed by atoms with van der Waals surface area (Å²) in [6.45, 7) is 4.51.